The van der Waals surface area contributed by atoms with Crippen LogP contribution in [0, 0.1) is 5.92 Å². The van der Waals surface area contributed by atoms with Crippen molar-refractivity contribution in [3.05, 3.63) is 236 Å². The highest BCUT2D eigenvalue weighted by molar-refractivity contribution is 8.00. The number of hydrogen-bond donors (Lipinski definition) is 11. The van der Waals surface area contributed by atoms with Crippen LogP contribution >= 0.6 is 11.8 Å². The smallest absolute Gasteiger partial charge is 0.425 e. The van der Waals surface area contributed by atoms with Crippen LogP contribution in [0.2, 0.25) is 0 Å². The number of thioether (sulfide) groups is 1. The Labute approximate surface area is 863 Å². The Bertz CT molecular complexity index is 7410. The van der Waals surface area contributed by atoms with Crippen molar-refractivity contribution in [3.63, 3.8) is 0 Å². The zero-order valence-corrected chi connectivity index (χ0v) is 86.0. The van der Waals surface area contributed by atoms with E-state index in [-0.39, 0.29) is 126 Å². The summed E-state index contributed by atoms with van der Waals surface area (Å²) in [7, 11) is -14.7. The third-order valence-electron chi connectivity index (χ3n) is 26.2. The molecule has 0 bridgehead atoms. The summed E-state index contributed by atoms with van der Waals surface area (Å²) in [5.74, 6) is -9.76. The fraction of sp³-hybridized carbons (Fsp3) is 0.376. The number of anilines is 4. The van der Waals surface area contributed by atoms with Crippen molar-refractivity contribution < 1.29 is 119 Å². The molecule has 0 radical (unpaired) electrons. The van der Waals surface area contributed by atoms with Gasteiger partial charge in [-0.1, -0.05) is 97.9 Å². The van der Waals surface area contributed by atoms with Gasteiger partial charge < -0.3 is 61.6 Å². The number of likely N-dealkylation sites (tertiary alicyclic amines) is 1. The van der Waals surface area contributed by atoms with Gasteiger partial charge in [0.15, 0.2) is 16.9 Å². The molecule has 43 nitrogen and oxygen atoms in total. The lowest BCUT2D eigenvalue weighted by atomic mass is 9.81. The largest absolute Gasteiger partial charge is 0.744 e. The molecule has 149 heavy (non-hydrogen) atoms. The highest BCUT2D eigenvalue weighted by Gasteiger charge is 2.46. The average Bonchev–Trinajstić information content (AvgIpc) is 1.61. The molecule has 6 aromatic carbocycles. The minimum Gasteiger partial charge on any atom is -0.744 e. The SMILES string of the molecule is Cn1nnc2c1-c1ccccc1N(C(=O)CCC(=O)NCCCC(CC(=O)CC[C@H](NC(=O)c1ccc(NCc3cnc4nc(N)[nH]c(=O)c4n3)cc1)C(=O)O)C(=O)N[C@@H](CSC1CC(=O)N(CCNC(=O)CCc3ccc(OC4=C(/C=C/C5=[N+](CCCCS(=O)(=O)O)c6ccc(S(=O)(=O)[O-])cc6C5(C)C)CCC/C4=C\C=C4\N(CCCCS(=O)(=O)O)c5ccccc5C4(C)C)cc3)C1=O)C(=O)O)Cc1ccccc1-2.O=S(=O)=O. The lowest BCUT2D eigenvalue weighted by molar-refractivity contribution is -0.438. The monoisotopic (exact) mass is 2140 g/mol. The van der Waals surface area contributed by atoms with Crippen molar-refractivity contribution in [3.8, 4) is 28.3 Å². The first-order chi connectivity index (χ1) is 70.7. The molecule has 2 unspecified atom stereocenters. The molecule has 0 spiro atoms. The van der Waals surface area contributed by atoms with Crippen LogP contribution in [0.5, 0.6) is 5.75 Å². The maximum Gasteiger partial charge on any atom is 0.425 e. The van der Waals surface area contributed by atoms with Gasteiger partial charge in [-0.15, -0.1) is 29.5 Å². The highest BCUT2D eigenvalue weighted by atomic mass is 32.2. The minimum absolute atomic E-state index is 0.0275. The molecule has 12 N–H and O–H groups in total. The van der Waals surface area contributed by atoms with Gasteiger partial charge >= 0.3 is 22.5 Å². The second-order valence-electron chi connectivity index (χ2n) is 37.3. The third-order valence-corrected chi connectivity index (χ3v) is 29.9. The Kier molecular flexibility index (Phi) is 36.6. The molecule has 1 saturated heterocycles. The van der Waals surface area contributed by atoms with Gasteiger partial charge in [-0.2, -0.15) is 26.4 Å². The summed E-state index contributed by atoms with van der Waals surface area (Å²) in [6.45, 7) is 8.46. The Morgan fingerprint density at radius 3 is 2.08 bits per heavy atom. The van der Waals surface area contributed by atoms with Gasteiger partial charge in [0.05, 0.1) is 63.4 Å². The number of H-pyrrole nitrogens is 1. The summed E-state index contributed by atoms with van der Waals surface area (Å²) < 4.78 is 139. The number of fused-ring (bicyclic) bond motifs is 8. The number of carboxylic acids is 2. The summed E-state index contributed by atoms with van der Waals surface area (Å²) in [6.07, 6.45) is 9.93. The van der Waals surface area contributed by atoms with Crippen molar-refractivity contribution in [2.24, 2.45) is 13.0 Å². The van der Waals surface area contributed by atoms with Crippen LogP contribution in [0.3, 0.4) is 0 Å². The zero-order valence-electron chi connectivity index (χ0n) is 81.9. The standard InChI is InChI=1S/C101H113N17O23S4.O3S/c1-100(2)74-24-9-11-26-79(74)115(49-12-14-52-143(132,133)134)82(100)42-32-62-19-16-20-63(33-43-83-101(3,4)75-55-71(145(138,139)140)39-41-80(75)116(83)50-13-15-53-144(135,136)137)91(62)141-70-37-27-61(28-38-70)29-44-84(120)104-48-51-117-87(123)56-81(96(117)127)142-60-77(98(130)131)109-94(125)65(21-17-47-103-85(121)45-46-86(122)118-59-66-18-6-7-22-72(66)88-90(114(5)113-112-88)73-23-8-10-25-78(73)118)54-69(119)36-40-76(97(128)129)108-93(124)64-30-34-67(35-31-64)105-57-68-58-106-92-89(107-68)95(126)111-99(102)110-92;1-4(2)3/h6-11,18,22-28,30-35,37-39,41-43,55,58,65,76-77,81H,12-17,19-21,29,36,40,44-54,56-57,59-60H2,1-5H3,(H12-,102,103,104,105,106,108,109,110,111,120,121,124,125,126,128,129,130,131,132,133,134,135,136,137,138,139,140);/t65?,76-,77-,81?;/m0./s1. The van der Waals surface area contributed by atoms with Crippen molar-refractivity contribution in [1.82, 2.24) is 61.1 Å². The maximum atomic E-state index is 14.5. The number of carboxylic acid groups (broad SMARTS) is 2. The number of unbranched alkanes of at least 4 members (excludes halogenated alkanes) is 2. The summed E-state index contributed by atoms with van der Waals surface area (Å²) in [6, 6.07) is 36.6. The predicted octanol–water partition coefficient (Wildman–Crippen LogP) is 8.60. The number of aliphatic carboxylic acids is 2. The second kappa shape index (κ2) is 49.0. The number of amides is 7. The third kappa shape index (κ3) is 29.0. The molecule has 0 saturated carbocycles. The average molecular weight is 2140 g/mol. The van der Waals surface area contributed by atoms with E-state index in [0.29, 0.717) is 101 Å². The van der Waals surface area contributed by atoms with Gasteiger partial charge in [-0.05, 0) is 179 Å². The summed E-state index contributed by atoms with van der Waals surface area (Å²) >= 11 is 0.793. The number of nitrogens with two attached hydrogens (primary N) is 1. The van der Waals surface area contributed by atoms with E-state index in [4.69, 9.17) is 23.1 Å². The zero-order chi connectivity index (χ0) is 108. The maximum absolute atomic E-state index is 14.5. The number of imide groups is 1. The normalized spacial score (nSPS) is 16.3. The number of carbonyl (C=O) groups is 10. The number of ketones is 1. The molecule has 3 aromatic heterocycles. The fourth-order valence-electron chi connectivity index (χ4n) is 18.6. The molecule has 788 valence electrons. The van der Waals surface area contributed by atoms with Crippen molar-refractivity contribution in [1.29, 1.82) is 0 Å². The summed E-state index contributed by atoms with van der Waals surface area (Å²) in [4.78, 5) is 168. The fourth-order valence-corrected chi connectivity index (χ4v) is 21.4. The Hall–Kier alpha value is -14.7. The van der Waals surface area contributed by atoms with E-state index in [9.17, 15) is 102 Å². The molecule has 1 fully saturated rings. The number of allylic oxidation sites excluding steroid dienone is 7. The number of nitrogen functional groups attached to an aromatic ring is 1. The number of para-hydroxylation sites is 2. The quantitative estimate of drug-likeness (QED) is 0.00735. The van der Waals surface area contributed by atoms with Gasteiger partial charge in [0.2, 0.25) is 47.1 Å². The first-order valence-electron chi connectivity index (χ1n) is 47.9. The van der Waals surface area contributed by atoms with Crippen molar-refractivity contribution in [2.45, 2.75) is 183 Å². The summed E-state index contributed by atoms with van der Waals surface area (Å²) in [5, 5.41) is 42.1. The van der Waals surface area contributed by atoms with Crippen LogP contribution in [0.25, 0.3) is 33.7 Å². The number of hydrogen-bond acceptors (Lipinski definition) is 31. The van der Waals surface area contributed by atoms with E-state index in [1.807, 2.05) is 103 Å². The Morgan fingerprint density at radius 2 is 1.38 bits per heavy atom. The molecule has 48 heteroatoms. The first kappa shape index (κ1) is 112. The number of nitrogens with one attached hydrogen (secondary N) is 6. The van der Waals surface area contributed by atoms with Crippen LogP contribution in [-0.4, -0.2) is 238 Å². The van der Waals surface area contributed by atoms with Crippen LogP contribution in [0.4, 0.5) is 28.7 Å². The number of ether oxygens (including phenoxy) is 1. The van der Waals surface area contributed by atoms with Gasteiger partial charge in [-0.3, -0.25) is 62.1 Å². The number of nitrogens with zero attached hydrogens (tertiary/aromatic N) is 10. The number of rotatable bonds is 46. The van der Waals surface area contributed by atoms with Crippen LogP contribution < -0.4 is 52.4 Å². The van der Waals surface area contributed by atoms with E-state index < -0.39 is 175 Å². The van der Waals surface area contributed by atoms with E-state index in [2.05, 4.69) is 75.6 Å². The molecule has 14 rings (SSSR count). The highest BCUT2D eigenvalue weighted by Crippen LogP contribution is 2.49. The molecule has 4 atom stereocenters. The molecule has 7 amide bonds. The molecular formula is C101H113N17O26S5. The number of aromatic amines is 1. The molecule has 9 aromatic rings. The molecule has 4 aliphatic heterocycles. The van der Waals surface area contributed by atoms with E-state index in [1.54, 1.807) is 59.1 Å². The number of aryl methyl sites for hydroxylation is 2. The molecule has 1 aliphatic carbocycles. The number of Topliss-reactive ketones (excluding diaryl/α,β-unsaturated/α-hetero) is 1. The van der Waals surface area contributed by atoms with Crippen molar-refractivity contribution in [2.75, 3.05) is 70.8 Å². The van der Waals surface area contributed by atoms with Gasteiger partial charge in [0, 0.05) is 147 Å². The van der Waals surface area contributed by atoms with Crippen molar-refractivity contribution >= 4 is 157 Å². The van der Waals surface area contributed by atoms with Crippen LogP contribution in [-0.2, 0) is 122 Å². The lowest BCUT2D eigenvalue weighted by Crippen LogP contribution is -2.46. The Balaban J connectivity index is 0.00000454. The van der Waals surface area contributed by atoms with E-state index in [0.717, 1.165) is 61.4 Å². The second-order valence-corrected chi connectivity index (χ2v) is 43.5. The van der Waals surface area contributed by atoms with Gasteiger partial charge in [0.1, 0.15) is 51.7 Å². The molecule has 5 aliphatic rings. The molecule has 7 heterocycles. The van der Waals surface area contributed by atoms with E-state index in [1.165, 1.54) is 42.6 Å². The summed E-state index contributed by atoms with van der Waals surface area (Å²) in [5.41, 5.74) is 15.8. The van der Waals surface area contributed by atoms with Gasteiger partial charge in [0.25, 0.3) is 31.7 Å². The van der Waals surface area contributed by atoms with Gasteiger partial charge in [-0.25, -0.2) is 32.7 Å². The number of benzene rings is 6. The first-order valence-corrected chi connectivity index (χ1v) is 54.6. The topological polar surface area (TPSA) is 639 Å². The lowest BCUT2D eigenvalue weighted by Gasteiger charge is -2.28. The van der Waals surface area contributed by atoms with Crippen LogP contribution in [0.1, 0.15) is 169 Å². The Morgan fingerprint density at radius 1 is 0.705 bits per heavy atom. The number of aromatic nitrogens is 7. The molecular weight excluding hydrogens is 2030 g/mol. The number of carbonyl (C=O) groups excluding carboxylic acids is 8. The van der Waals surface area contributed by atoms with Crippen LogP contribution in [0.15, 0.2) is 202 Å². The van der Waals surface area contributed by atoms with E-state index >= 15 is 0 Å². The minimum atomic E-state index is -4.88. The predicted molar refractivity (Wildman–Crippen MR) is 549 cm³/mol.